The first-order valence-corrected chi connectivity index (χ1v) is 17.5. The first kappa shape index (κ1) is 38.8. The number of carboxylic acid groups (broad SMARTS) is 1. The Balaban J connectivity index is 0.00000257. The summed E-state index contributed by atoms with van der Waals surface area (Å²) in [5.74, 6) is 0.315. The maximum atomic E-state index is 13.9. The summed E-state index contributed by atoms with van der Waals surface area (Å²) in [5.41, 5.74) is -1.58. The number of halogens is 6. The number of aryl methyl sites for hydroxylation is 2. The maximum Gasteiger partial charge on any atom is 0.416 e. The van der Waals surface area contributed by atoms with E-state index in [-0.39, 0.29) is 35.4 Å². The van der Waals surface area contributed by atoms with Gasteiger partial charge in [0.1, 0.15) is 5.82 Å². The van der Waals surface area contributed by atoms with E-state index in [0.29, 0.717) is 46.7 Å². The summed E-state index contributed by atoms with van der Waals surface area (Å²) < 4.78 is 85.1. The number of pyridine rings is 1. The molecule has 282 valence electrons. The lowest BCUT2D eigenvalue weighted by atomic mass is 10.0. The number of hydrogen-bond donors (Lipinski definition) is 1. The average molecular weight is 734 g/mol. The molecule has 0 spiro atoms. The Hall–Kier alpha value is -4.43. The molecule has 2 fully saturated rings. The van der Waals surface area contributed by atoms with Crippen LogP contribution in [0.25, 0.3) is 11.0 Å². The Morgan fingerprint density at radius 2 is 1.38 bits per heavy atom. The van der Waals surface area contributed by atoms with Crippen molar-refractivity contribution in [3.63, 3.8) is 0 Å². The zero-order chi connectivity index (χ0) is 38.3. The van der Waals surface area contributed by atoms with Crippen LogP contribution in [-0.2, 0) is 31.0 Å². The van der Waals surface area contributed by atoms with Crippen LogP contribution >= 0.6 is 0 Å². The first-order chi connectivity index (χ1) is 24.3. The van der Waals surface area contributed by atoms with Crippen LogP contribution in [-0.4, -0.2) is 48.9 Å². The third-order valence-electron chi connectivity index (χ3n) is 9.05. The Labute approximate surface area is 299 Å². The summed E-state index contributed by atoms with van der Waals surface area (Å²) in [6.07, 6.45) is -4.62. The number of aromatic nitrogens is 5. The highest BCUT2D eigenvalue weighted by Crippen LogP contribution is 2.40. The average Bonchev–Trinajstić information content (AvgIpc) is 4.00. The minimum Gasteiger partial charge on any atom is -0.478 e. The summed E-state index contributed by atoms with van der Waals surface area (Å²) in [5, 5.41) is 15.1. The molecule has 0 amide bonds. The number of anilines is 2. The van der Waals surface area contributed by atoms with Crippen molar-refractivity contribution in [2.45, 2.75) is 105 Å². The van der Waals surface area contributed by atoms with E-state index in [9.17, 15) is 36.2 Å². The SMILES string of the molecule is CC.Cc1nc(N(Cc2cc(C(F)(F)F)cc(C(F)(F)F)c2)Cc2cc3c(C)nn(C(C)(C)C)c3nc2N(CC2CC2)CC2CC2)ncc1C(=O)O. The number of hydrogen-bond acceptors (Lipinski definition) is 7. The molecule has 4 aromatic rings. The van der Waals surface area contributed by atoms with Crippen LogP contribution in [0.3, 0.4) is 0 Å². The minimum absolute atomic E-state index is 0.0479. The minimum atomic E-state index is -5.03. The number of rotatable bonds is 11. The molecule has 3 heterocycles. The van der Waals surface area contributed by atoms with Crippen molar-refractivity contribution in [1.29, 1.82) is 0 Å². The van der Waals surface area contributed by atoms with Crippen molar-refractivity contribution in [2.75, 3.05) is 22.9 Å². The molecule has 0 saturated heterocycles. The summed E-state index contributed by atoms with van der Waals surface area (Å²) in [6.45, 7) is 14.4. The van der Waals surface area contributed by atoms with Gasteiger partial charge in [-0.15, -0.1) is 0 Å². The topological polar surface area (TPSA) is 100 Å². The third kappa shape index (κ3) is 8.95. The van der Waals surface area contributed by atoms with Crippen molar-refractivity contribution in [3.05, 3.63) is 69.7 Å². The molecule has 9 nitrogen and oxygen atoms in total. The van der Waals surface area contributed by atoms with Crippen LogP contribution in [0.2, 0.25) is 0 Å². The van der Waals surface area contributed by atoms with E-state index in [0.717, 1.165) is 50.4 Å². The number of carboxylic acids is 1. The van der Waals surface area contributed by atoms with Crippen LogP contribution in [0.5, 0.6) is 0 Å². The number of fused-ring (bicyclic) bond motifs is 1. The highest BCUT2D eigenvalue weighted by Gasteiger charge is 2.38. The zero-order valence-electron chi connectivity index (χ0n) is 30.5. The normalized spacial score (nSPS) is 15.0. The van der Waals surface area contributed by atoms with Crippen molar-refractivity contribution in [1.82, 2.24) is 24.7 Å². The van der Waals surface area contributed by atoms with Crippen molar-refractivity contribution >= 4 is 28.8 Å². The molecule has 0 atom stereocenters. The largest absolute Gasteiger partial charge is 0.478 e. The predicted molar refractivity (Wildman–Crippen MR) is 186 cm³/mol. The number of aromatic carboxylic acids is 1. The Morgan fingerprint density at radius 3 is 1.85 bits per heavy atom. The van der Waals surface area contributed by atoms with E-state index >= 15 is 0 Å². The Kier molecular flexibility index (Phi) is 10.8. The van der Waals surface area contributed by atoms with Gasteiger partial charge in [-0.3, -0.25) is 0 Å². The van der Waals surface area contributed by atoms with Gasteiger partial charge in [0.25, 0.3) is 0 Å². The molecule has 2 aliphatic rings. The number of benzene rings is 1. The smallest absolute Gasteiger partial charge is 0.416 e. The first-order valence-electron chi connectivity index (χ1n) is 17.5. The lowest BCUT2D eigenvalue weighted by Crippen LogP contribution is -2.32. The molecule has 1 N–H and O–H groups in total. The van der Waals surface area contributed by atoms with Crippen LogP contribution in [0, 0.1) is 25.7 Å². The molecular formula is C37H45F6N7O2. The summed E-state index contributed by atoms with van der Waals surface area (Å²) >= 11 is 0. The van der Waals surface area contributed by atoms with Crippen LogP contribution in [0.1, 0.15) is 104 Å². The highest BCUT2D eigenvalue weighted by molar-refractivity contribution is 5.88. The van der Waals surface area contributed by atoms with E-state index in [2.05, 4.69) is 14.9 Å². The Morgan fingerprint density at radius 1 is 0.827 bits per heavy atom. The van der Waals surface area contributed by atoms with Gasteiger partial charge in [0.2, 0.25) is 5.95 Å². The summed E-state index contributed by atoms with van der Waals surface area (Å²) in [7, 11) is 0. The fraction of sp³-hybridized carbons (Fsp3) is 0.541. The van der Waals surface area contributed by atoms with Crippen LogP contribution in [0.15, 0.2) is 30.5 Å². The van der Waals surface area contributed by atoms with Gasteiger partial charge in [-0.1, -0.05) is 13.8 Å². The number of nitrogens with zero attached hydrogens (tertiary/aromatic N) is 7. The summed E-state index contributed by atoms with van der Waals surface area (Å²) in [4.78, 5) is 29.3. The van der Waals surface area contributed by atoms with Crippen molar-refractivity contribution < 1.29 is 36.2 Å². The van der Waals surface area contributed by atoms with Gasteiger partial charge in [0.05, 0.1) is 33.6 Å². The van der Waals surface area contributed by atoms with Crippen molar-refractivity contribution in [2.24, 2.45) is 11.8 Å². The molecule has 52 heavy (non-hydrogen) atoms. The summed E-state index contributed by atoms with van der Waals surface area (Å²) in [6, 6.07) is 3.41. The van der Waals surface area contributed by atoms with Crippen molar-refractivity contribution in [3.8, 4) is 0 Å². The zero-order valence-corrected chi connectivity index (χ0v) is 30.5. The molecule has 0 aliphatic heterocycles. The molecular weight excluding hydrogens is 688 g/mol. The van der Waals surface area contributed by atoms with E-state index < -0.39 is 41.5 Å². The second kappa shape index (κ2) is 14.5. The van der Waals surface area contributed by atoms with Gasteiger partial charge in [0.15, 0.2) is 5.65 Å². The van der Waals surface area contributed by atoms with Gasteiger partial charge in [-0.2, -0.15) is 31.4 Å². The van der Waals surface area contributed by atoms with Crippen LogP contribution < -0.4 is 9.80 Å². The third-order valence-corrected chi connectivity index (χ3v) is 9.05. The molecule has 2 aliphatic carbocycles. The number of carbonyl (C=O) groups is 1. The highest BCUT2D eigenvalue weighted by atomic mass is 19.4. The van der Waals surface area contributed by atoms with Gasteiger partial charge in [0, 0.05) is 43.3 Å². The fourth-order valence-electron chi connectivity index (χ4n) is 6.10. The molecule has 1 aromatic carbocycles. The van der Waals surface area contributed by atoms with Gasteiger partial charge >= 0.3 is 18.3 Å². The molecule has 6 rings (SSSR count). The maximum absolute atomic E-state index is 13.9. The van der Waals surface area contributed by atoms with E-state index in [1.807, 2.05) is 52.3 Å². The molecule has 2 saturated carbocycles. The molecule has 3 aromatic heterocycles. The molecule has 0 unspecified atom stereocenters. The lowest BCUT2D eigenvalue weighted by molar-refractivity contribution is -0.143. The van der Waals surface area contributed by atoms with Gasteiger partial charge < -0.3 is 14.9 Å². The lowest BCUT2D eigenvalue weighted by Gasteiger charge is -2.30. The molecule has 0 radical (unpaired) electrons. The van der Waals surface area contributed by atoms with E-state index in [1.54, 1.807) is 0 Å². The quantitative estimate of drug-likeness (QED) is 0.152. The second-order valence-corrected chi connectivity index (χ2v) is 14.5. The second-order valence-electron chi connectivity index (χ2n) is 14.5. The van der Waals surface area contributed by atoms with E-state index in [4.69, 9.17) is 10.1 Å². The van der Waals surface area contributed by atoms with Gasteiger partial charge in [-0.05, 0) is 102 Å². The van der Waals surface area contributed by atoms with Crippen LogP contribution in [0.4, 0.5) is 38.1 Å². The van der Waals surface area contributed by atoms with Gasteiger partial charge in [-0.25, -0.2) is 24.4 Å². The van der Waals surface area contributed by atoms with E-state index in [1.165, 1.54) is 11.8 Å². The molecule has 15 heteroatoms. The Bertz CT molecular complexity index is 1880. The standard InChI is InChI=1S/C35H39F6N7O2.C2H6/c1-19-28(31(49)50)14-42-32(43-19)47(17-23-10-25(34(36,37)38)13-26(11-23)35(39,40)41)18-24-12-27-20(2)45-48(33(3,4)5)30(27)44-29(24)46(15-21-6-7-21)16-22-8-9-22;1-2/h10-14,21-22H,6-9,15-18H2,1-5H3,(H,49,50);1-2H3. The number of alkyl halides is 6. The predicted octanol–water partition coefficient (Wildman–Crippen LogP) is 9.19. The fourth-order valence-corrected chi connectivity index (χ4v) is 6.10. The monoisotopic (exact) mass is 733 g/mol. The molecule has 0 bridgehead atoms.